The Labute approximate surface area is 178 Å². The van der Waals surface area contributed by atoms with Crippen molar-refractivity contribution >= 4 is 5.91 Å². The Morgan fingerprint density at radius 1 is 1.13 bits per heavy atom. The molecule has 158 valence electrons. The number of piperidine rings is 3. The van der Waals surface area contributed by atoms with Crippen LogP contribution in [-0.4, -0.2) is 58.0 Å². The number of amides is 1. The van der Waals surface area contributed by atoms with Gasteiger partial charge < -0.3 is 9.64 Å². The Hall–Kier alpha value is -2.47. The first-order valence-electron chi connectivity index (χ1n) is 11.1. The highest BCUT2D eigenvalue weighted by atomic mass is 16.5. The second-order valence-electron chi connectivity index (χ2n) is 9.08. The van der Waals surface area contributed by atoms with Crippen LogP contribution in [0, 0.1) is 11.8 Å². The summed E-state index contributed by atoms with van der Waals surface area (Å²) in [5.41, 5.74) is 2.42. The Morgan fingerprint density at radius 3 is 2.80 bits per heavy atom. The topological polar surface area (TPSA) is 58.6 Å². The van der Waals surface area contributed by atoms with E-state index < -0.39 is 0 Å². The zero-order valence-electron chi connectivity index (χ0n) is 17.6. The van der Waals surface area contributed by atoms with Crippen molar-refractivity contribution in [2.75, 3.05) is 20.2 Å². The molecule has 0 spiro atoms. The van der Waals surface area contributed by atoms with Gasteiger partial charge in [0.15, 0.2) is 0 Å². The van der Waals surface area contributed by atoms with Gasteiger partial charge in [-0.25, -0.2) is 9.97 Å². The number of methoxy groups -OCH3 is 1. The van der Waals surface area contributed by atoms with Crippen LogP contribution in [0.1, 0.15) is 36.8 Å². The number of ether oxygens (including phenoxy) is 1. The van der Waals surface area contributed by atoms with Crippen molar-refractivity contribution in [2.45, 2.75) is 50.7 Å². The van der Waals surface area contributed by atoms with Gasteiger partial charge in [-0.3, -0.25) is 9.69 Å². The third-order valence-electron chi connectivity index (χ3n) is 7.17. The molecular formula is C24H30N4O2. The minimum Gasteiger partial charge on any atom is -0.497 e. The number of carbonyl (C=O) groups is 1. The zero-order chi connectivity index (χ0) is 20.5. The van der Waals surface area contributed by atoms with Crippen LogP contribution < -0.4 is 4.74 Å². The summed E-state index contributed by atoms with van der Waals surface area (Å²) in [5.74, 6) is 2.31. The van der Waals surface area contributed by atoms with Gasteiger partial charge in [-0.15, -0.1) is 0 Å². The highest BCUT2D eigenvalue weighted by molar-refractivity contribution is 5.78. The zero-order valence-corrected chi connectivity index (χ0v) is 17.6. The summed E-state index contributed by atoms with van der Waals surface area (Å²) >= 11 is 0. The van der Waals surface area contributed by atoms with Crippen molar-refractivity contribution < 1.29 is 9.53 Å². The molecule has 3 saturated heterocycles. The molecule has 30 heavy (non-hydrogen) atoms. The van der Waals surface area contributed by atoms with Gasteiger partial charge in [-0.2, -0.15) is 0 Å². The predicted molar refractivity (Wildman–Crippen MR) is 114 cm³/mol. The molecule has 5 rings (SSSR count). The minimum absolute atomic E-state index is 0.265. The van der Waals surface area contributed by atoms with Crippen LogP contribution in [0.25, 0.3) is 0 Å². The molecule has 1 aromatic heterocycles. The van der Waals surface area contributed by atoms with Crippen LogP contribution in [-0.2, 0) is 17.8 Å². The number of hydrogen-bond donors (Lipinski definition) is 0. The first-order valence-corrected chi connectivity index (χ1v) is 11.1. The Kier molecular flexibility index (Phi) is 5.42. The fraction of sp³-hybridized carbons (Fsp3) is 0.542. The van der Waals surface area contributed by atoms with Gasteiger partial charge in [-0.05, 0) is 55.2 Å². The van der Waals surface area contributed by atoms with Crippen molar-refractivity contribution in [3.63, 3.8) is 0 Å². The largest absolute Gasteiger partial charge is 0.497 e. The summed E-state index contributed by atoms with van der Waals surface area (Å²) in [6.45, 7) is 2.97. The molecule has 4 atom stereocenters. The summed E-state index contributed by atoms with van der Waals surface area (Å²) in [6.07, 6.45) is 10.4. The van der Waals surface area contributed by atoms with Crippen LogP contribution in [0.2, 0.25) is 0 Å². The molecule has 6 nitrogen and oxygen atoms in total. The van der Waals surface area contributed by atoms with Crippen molar-refractivity contribution in [2.24, 2.45) is 11.8 Å². The maximum atomic E-state index is 13.0. The van der Waals surface area contributed by atoms with E-state index in [9.17, 15) is 4.79 Å². The van der Waals surface area contributed by atoms with Gasteiger partial charge in [0.25, 0.3) is 0 Å². The summed E-state index contributed by atoms with van der Waals surface area (Å²) < 4.78 is 5.44. The number of nitrogens with zero attached hydrogens (tertiary/aromatic N) is 4. The maximum absolute atomic E-state index is 13.0. The van der Waals surface area contributed by atoms with Crippen molar-refractivity contribution in [1.29, 1.82) is 0 Å². The lowest BCUT2D eigenvalue weighted by atomic mass is 9.70. The summed E-state index contributed by atoms with van der Waals surface area (Å²) in [4.78, 5) is 26.3. The number of hydrogen-bond acceptors (Lipinski definition) is 5. The van der Waals surface area contributed by atoms with Crippen molar-refractivity contribution in [1.82, 2.24) is 19.8 Å². The highest BCUT2D eigenvalue weighted by Gasteiger charge is 2.49. The van der Waals surface area contributed by atoms with E-state index in [-0.39, 0.29) is 6.04 Å². The lowest BCUT2D eigenvalue weighted by Gasteiger charge is -2.57. The average molecular weight is 407 g/mol. The molecule has 3 aliphatic heterocycles. The number of rotatable bonds is 5. The molecule has 3 fully saturated rings. The van der Waals surface area contributed by atoms with Crippen LogP contribution in [0.4, 0.5) is 0 Å². The molecule has 1 aromatic carbocycles. The lowest BCUT2D eigenvalue weighted by Crippen LogP contribution is -2.65. The van der Waals surface area contributed by atoms with Gasteiger partial charge >= 0.3 is 0 Å². The Morgan fingerprint density at radius 2 is 1.97 bits per heavy atom. The molecule has 1 amide bonds. The van der Waals surface area contributed by atoms with Crippen molar-refractivity contribution in [3.8, 4) is 5.75 Å². The Bertz CT molecular complexity index is 890. The first kappa shape index (κ1) is 19.5. The maximum Gasteiger partial charge on any atom is 0.223 e. The molecule has 0 aliphatic carbocycles. The fourth-order valence-corrected chi connectivity index (χ4v) is 5.97. The summed E-state index contributed by atoms with van der Waals surface area (Å²) in [5, 5.41) is 0. The predicted octanol–water partition coefficient (Wildman–Crippen LogP) is 2.93. The molecule has 2 bridgehead atoms. The van der Waals surface area contributed by atoms with Crippen LogP contribution in [0.5, 0.6) is 5.75 Å². The summed E-state index contributed by atoms with van der Waals surface area (Å²) in [7, 11) is 1.71. The van der Waals surface area contributed by atoms with E-state index in [0.717, 1.165) is 44.6 Å². The third kappa shape index (κ3) is 3.81. The SMILES string of the molecule is COc1cccc(C[C@H]2[C@H]3C[C@H](CN(Cc4cncnc4)C3)[C@@H]3CCCC(=O)N32)c1. The van der Waals surface area contributed by atoms with Crippen LogP contribution in [0.3, 0.4) is 0 Å². The lowest BCUT2D eigenvalue weighted by molar-refractivity contribution is -0.152. The molecule has 4 heterocycles. The molecule has 3 aliphatic rings. The highest BCUT2D eigenvalue weighted by Crippen LogP contribution is 2.43. The average Bonchev–Trinajstić information content (AvgIpc) is 2.77. The van der Waals surface area contributed by atoms with Crippen LogP contribution in [0.15, 0.2) is 43.0 Å². The second kappa shape index (κ2) is 8.34. The fourth-order valence-electron chi connectivity index (χ4n) is 5.97. The van der Waals surface area contributed by atoms with E-state index in [2.05, 4.69) is 38.0 Å². The number of aromatic nitrogens is 2. The van der Waals surface area contributed by atoms with E-state index in [4.69, 9.17) is 4.74 Å². The molecule has 0 unspecified atom stereocenters. The van der Waals surface area contributed by atoms with E-state index in [0.29, 0.717) is 30.2 Å². The Balaban J connectivity index is 1.41. The number of likely N-dealkylation sites (tertiary alicyclic amines) is 1. The number of benzene rings is 1. The number of fused-ring (bicyclic) bond motifs is 4. The molecule has 0 saturated carbocycles. The molecule has 6 heteroatoms. The van der Waals surface area contributed by atoms with Gasteiger partial charge in [-0.1, -0.05) is 12.1 Å². The molecular weight excluding hydrogens is 376 g/mol. The van der Waals surface area contributed by atoms with Crippen molar-refractivity contribution in [3.05, 3.63) is 54.1 Å². The summed E-state index contributed by atoms with van der Waals surface area (Å²) in [6, 6.07) is 8.98. The van der Waals surface area contributed by atoms with Gasteiger partial charge in [0.1, 0.15) is 12.1 Å². The first-order chi connectivity index (χ1) is 14.7. The standard InChI is InChI=1S/C24H30N4O2/c1-30-21-5-2-4-17(8-21)9-23-20-10-19(22-6-3-7-24(29)28(22)23)14-27(15-20)13-18-11-25-16-26-12-18/h2,4-5,8,11-12,16,19-20,22-23H,3,6-7,9-10,13-15H2,1H3/t19-,20+,22+,23+/m1/s1. The molecule has 2 aromatic rings. The van der Waals surface area contributed by atoms with E-state index in [1.165, 1.54) is 17.5 Å². The third-order valence-corrected chi connectivity index (χ3v) is 7.17. The monoisotopic (exact) mass is 406 g/mol. The van der Waals surface area contributed by atoms with Gasteiger partial charge in [0, 0.05) is 56.1 Å². The molecule has 0 radical (unpaired) electrons. The smallest absolute Gasteiger partial charge is 0.223 e. The quantitative estimate of drug-likeness (QED) is 0.764. The minimum atomic E-state index is 0.265. The van der Waals surface area contributed by atoms with E-state index in [1.54, 1.807) is 13.4 Å². The van der Waals surface area contributed by atoms with E-state index >= 15 is 0 Å². The normalized spacial score (nSPS) is 28.8. The van der Waals surface area contributed by atoms with Gasteiger partial charge in [0.2, 0.25) is 5.91 Å². The van der Waals surface area contributed by atoms with E-state index in [1.807, 2.05) is 18.5 Å². The van der Waals surface area contributed by atoms with Crippen LogP contribution >= 0.6 is 0 Å². The molecule has 0 N–H and O–H groups in total. The second-order valence-corrected chi connectivity index (χ2v) is 9.08. The van der Waals surface area contributed by atoms with Gasteiger partial charge in [0.05, 0.1) is 7.11 Å². The number of carbonyl (C=O) groups excluding carboxylic acids is 1.